The number of carbonyl (C=O) groups excluding carboxylic acids is 1. The van der Waals surface area contributed by atoms with Crippen LogP contribution in [0.5, 0.6) is 0 Å². The van der Waals surface area contributed by atoms with Crippen LogP contribution >= 0.6 is 0 Å². The van der Waals surface area contributed by atoms with Crippen LogP contribution in [0.2, 0.25) is 0 Å². The van der Waals surface area contributed by atoms with Gasteiger partial charge in [0, 0.05) is 18.2 Å². The van der Waals surface area contributed by atoms with Crippen LogP contribution in [0.3, 0.4) is 0 Å². The van der Waals surface area contributed by atoms with Crippen molar-refractivity contribution in [1.29, 1.82) is 0 Å². The van der Waals surface area contributed by atoms with Gasteiger partial charge in [0.05, 0.1) is 12.8 Å². The van der Waals surface area contributed by atoms with Crippen LogP contribution in [0.1, 0.15) is 29.2 Å². The Morgan fingerprint density at radius 1 is 1.00 bits per heavy atom. The summed E-state index contributed by atoms with van der Waals surface area (Å²) in [5, 5.41) is 7.32. The molecule has 0 saturated heterocycles. The van der Waals surface area contributed by atoms with Crippen molar-refractivity contribution >= 4 is 5.91 Å². The van der Waals surface area contributed by atoms with E-state index in [1.165, 1.54) is 4.68 Å². The SMILES string of the molecule is O=C(NCCn1nc(-c2ccco2)n(C2CC2)c1=O)c1ccc(-c2ccccc2)cc1. The van der Waals surface area contributed by atoms with E-state index >= 15 is 0 Å². The minimum Gasteiger partial charge on any atom is -0.461 e. The first-order valence-corrected chi connectivity index (χ1v) is 10.4. The van der Waals surface area contributed by atoms with Gasteiger partial charge in [0.25, 0.3) is 5.91 Å². The average molecular weight is 414 g/mol. The van der Waals surface area contributed by atoms with Gasteiger partial charge < -0.3 is 9.73 Å². The van der Waals surface area contributed by atoms with Crippen molar-refractivity contribution in [3.05, 3.63) is 89.0 Å². The van der Waals surface area contributed by atoms with Crippen LogP contribution in [0.25, 0.3) is 22.7 Å². The number of amides is 1. The minimum absolute atomic E-state index is 0.171. The molecule has 4 aromatic rings. The Balaban J connectivity index is 1.25. The predicted octanol–water partition coefficient (Wildman–Crippen LogP) is 3.74. The normalized spacial score (nSPS) is 13.3. The maximum atomic E-state index is 12.8. The number of hydrogen-bond donors (Lipinski definition) is 1. The van der Waals surface area contributed by atoms with Crippen molar-refractivity contribution in [2.24, 2.45) is 0 Å². The van der Waals surface area contributed by atoms with E-state index in [0.29, 0.717) is 30.2 Å². The number of furan rings is 1. The largest absolute Gasteiger partial charge is 0.461 e. The van der Waals surface area contributed by atoms with E-state index < -0.39 is 0 Å². The molecule has 1 fully saturated rings. The number of rotatable bonds is 7. The predicted molar refractivity (Wildman–Crippen MR) is 117 cm³/mol. The van der Waals surface area contributed by atoms with Gasteiger partial charge >= 0.3 is 5.69 Å². The smallest absolute Gasteiger partial charge is 0.346 e. The van der Waals surface area contributed by atoms with Crippen LogP contribution in [0.15, 0.2) is 82.2 Å². The van der Waals surface area contributed by atoms with E-state index in [9.17, 15) is 9.59 Å². The second-order valence-corrected chi connectivity index (χ2v) is 7.61. The van der Waals surface area contributed by atoms with E-state index in [4.69, 9.17) is 4.42 Å². The fourth-order valence-corrected chi connectivity index (χ4v) is 3.62. The lowest BCUT2D eigenvalue weighted by atomic mass is 10.0. The first kappa shape index (κ1) is 19.1. The zero-order valence-corrected chi connectivity index (χ0v) is 16.9. The number of benzene rings is 2. The van der Waals surface area contributed by atoms with Crippen LogP contribution in [-0.4, -0.2) is 26.8 Å². The number of nitrogens with zero attached hydrogens (tertiary/aromatic N) is 3. The molecule has 0 spiro atoms. The highest BCUT2D eigenvalue weighted by atomic mass is 16.3. The molecule has 0 unspecified atom stereocenters. The van der Waals surface area contributed by atoms with Gasteiger partial charge in [-0.25, -0.2) is 9.48 Å². The molecule has 1 N–H and O–H groups in total. The Hall–Kier alpha value is -3.87. The summed E-state index contributed by atoms with van der Waals surface area (Å²) in [6.45, 7) is 0.596. The summed E-state index contributed by atoms with van der Waals surface area (Å²) >= 11 is 0. The molecule has 2 aromatic heterocycles. The van der Waals surface area contributed by atoms with Gasteiger partial charge in [-0.15, -0.1) is 5.10 Å². The van der Waals surface area contributed by atoms with Crippen LogP contribution in [0.4, 0.5) is 0 Å². The number of carbonyl (C=O) groups is 1. The van der Waals surface area contributed by atoms with E-state index in [1.54, 1.807) is 35.1 Å². The van der Waals surface area contributed by atoms with Gasteiger partial charge in [-0.2, -0.15) is 0 Å². The minimum atomic E-state index is -0.180. The van der Waals surface area contributed by atoms with Crippen molar-refractivity contribution in [2.45, 2.75) is 25.4 Å². The molecule has 0 atom stereocenters. The number of nitrogens with one attached hydrogen (secondary N) is 1. The molecule has 2 heterocycles. The van der Waals surface area contributed by atoms with E-state index in [0.717, 1.165) is 24.0 Å². The summed E-state index contributed by atoms with van der Waals surface area (Å²) in [5.74, 6) is 0.936. The maximum Gasteiger partial charge on any atom is 0.346 e. The molecule has 7 nitrogen and oxygen atoms in total. The van der Waals surface area contributed by atoms with Crippen LogP contribution in [-0.2, 0) is 6.54 Å². The van der Waals surface area contributed by atoms with Crippen molar-refractivity contribution in [1.82, 2.24) is 19.7 Å². The Morgan fingerprint density at radius 2 is 1.74 bits per heavy atom. The average Bonchev–Trinajstić information content (AvgIpc) is 3.38. The highest BCUT2D eigenvalue weighted by Crippen LogP contribution is 2.36. The Labute approximate surface area is 178 Å². The molecular formula is C24H22N4O3. The van der Waals surface area contributed by atoms with Gasteiger partial charge in [0.1, 0.15) is 0 Å². The van der Waals surface area contributed by atoms with Crippen LogP contribution in [0, 0.1) is 0 Å². The maximum absolute atomic E-state index is 12.8. The van der Waals surface area contributed by atoms with Gasteiger partial charge in [-0.1, -0.05) is 42.5 Å². The monoisotopic (exact) mass is 414 g/mol. The third kappa shape index (κ3) is 3.94. The topological polar surface area (TPSA) is 82.1 Å². The molecule has 0 aliphatic heterocycles. The quantitative estimate of drug-likeness (QED) is 0.500. The summed E-state index contributed by atoms with van der Waals surface area (Å²) in [7, 11) is 0. The van der Waals surface area contributed by atoms with E-state index in [1.807, 2.05) is 42.5 Å². The summed E-state index contributed by atoms with van der Waals surface area (Å²) in [6.07, 6.45) is 3.50. The molecule has 1 saturated carbocycles. The zero-order valence-electron chi connectivity index (χ0n) is 16.9. The van der Waals surface area contributed by atoms with E-state index in [-0.39, 0.29) is 17.6 Å². The van der Waals surface area contributed by atoms with Gasteiger partial charge in [-0.3, -0.25) is 9.36 Å². The molecule has 2 aromatic carbocycles. The van der Waals surface area contributed by atoms with Crippen molar-refractivity contribution in [2.75, 3.05) is 6.54 Å². The summed E-state index contributed by atoms with van der Waals surface area (Å²) < 4.78 is 8.54. The lowest BCUT2D eigenvalue weighted by molar-refractivity contribution is 0.0952. The second-order valence-electron chi connectivity index (χ2n) is 7.61. The first-order chi connectivity index (χ1) is 15.2. The molecule has 5 rings (SSSR count). The summed E-state index contributed by atoms with van der Waals surface area (Å²) in [4.78, 5) is 25.3. The Morgan fingerprint density at radius 3 is 2.42 bits per heavy atom. The van der Waals surface area contributed by atoms with Gasteiger partial charge in [0.15, 0.2) is 5.76 Å². The van der Waals surface area contributed by atoms with E-state index in [2.05, 4.69) is 10.4 Å². The fraction of sp³-hybridized carbons (Fsp3) is 0.208. The van der Waals surface area contributed by atoms with Crippen molar-refractivity contribution < 1.29 is 9.21 Å². The molecular weight excluding hydrogens is 392 g/mol. The number of hydrogen-bond acceptors (Lipinski definition) is 4. The number of aromatic nitrogens is 3. The molecule has 7 heteroatoms. The Kier molecular flexibility index (Phi) is 5.00. The lowest BCUT2D eigenvalue weighted by Gasteiger charge is -2.06. The molecule has 0 bridgehead atoms. The van der Waals surface area contributed by atoms with Crippen LogP contribution < -0.4 is 11.0 Å². The van der Waals surface area contributed by atoms with Crippen molar-refractivity contribution in [3.8, 4) is 22.7 Å². The molecule has 31 heavy (non-hydrogen) atoms. The third-order valence-corrected chi connectivity index (χ3v) is 5.39. The third-order valence-electron chi connectivity index (χ3n) is 5.39. The Bertz CT molecular complexity index is 1230. The highest BCUT2D eigenvalue weighted by molar-refractivity contribution is 5.94. The molecule has 156 valence electrons. The molecule has 0 radical (unpaired) electrons. The van der Waals surface area contributed by atoms with Gasteiger partial charge in [0.2, 0.25) is 5.82 Å². The molecule has 1 amide bonds. The van der Waals surface area contributed by atoms with Crippen molar-refractivity contribution in [3.63, 3.8) is 0 Å². The first-order valence-electron chi connectivity index (χ1n) is 10.4. The van der Waals surface area contributed by atoms with Gasteiger partial charge in [-0.05, 0) is 48.2 Å². The second kappa shape index (κ2) is 8.10. The highest BCUT2D eigenvalue weighted by Gasteiger charge is 2.31. The summed E-state index contributed by atoms with van der Waals surface area (Å²) in [6, 6.07) is 21.2. The lowest BCUT2D eigenvalue weighted by Crippen LogP contribution is -2.32. The standard InChI is InChI=1S/C24H22N4O3/c29-23(19-10-8-18(9-11-19)17-5-2-1-3-6-17)25-14-15-27-24(30)28(20-12-13-20)22(26-27)21-7-4-16-31-21/h1-11,16,20H,12-15H2,(H,25,29). The zero-order chi connectivity index (χ0) is 21.2. The molecule has 1 aliphatic carbocycles. The fourth-order valence-electron chi connectivity index (χ4n) is 3.62. The molecule has 1 aliphatic rings. The summed E-state index contributed by atoms with van der Waals surface area (Å²) in [5.41, 5.74) is 2.56.